The van der Waals surface area contributed by atoms with Crippen molar-refractivity contribution in [1.29, 1.82) is 0 Å². The topological polar surface area (TPSA) is 54.0 Å². The van der Waals surface area contributed by atoms with Crippen molar-refractivity contribution in [1.82, 2.24) is 15.6 Å². The summed E-state index contributed by atoms with van der Waals surface area (Å²) in [6, 6.07) is 10.3. The standard InChI is InChI=1S/C15H19N3O/c1-16-14(19)8-11-17-10-7-13-5-2-4-12-6-3-9-18-15(12)13/h2-6,9,17H,7-8,10-11H2,1H3,(H,16,19). The first-order chi connectivity index (χ1) is 9.31. The molecule has 0 fully saturated rings. The molecule has 0 bridgehead atoms. The molecule has 19 heavy (non-hydrogen) atoms. The highest BCUT2D eigenvalue weighted by Gasteiger charge is 2.01. The fourth-order valence-electron chi connectivity index (χ4n) is 2.04. The van der Waals surface area contributed by atoms with Crippen LogP contribution in [0.25, 0.3) is 10.9 Å². The molecule has 4 nitrogen and oxygen atoms in total. The molecule has 2 rings (SSSR count). The SMILES string of the molecule is CNC(=O)CCNCCc1cccc2cccnc12. The van der Waals surface area contributed by atoms with Gasteiger partial charge in [-0.2, -0.15) is 0 Å². The third-order valence-electron chi connectivity index (χ3n) is 3.10. The third kappa shape index (κ3) is 3.76. The highest BCUT2D eigenvalue weighted by atomic mass is 16.1. The van der Waals surface area contributed by atoms with Crippen LogP contribution in [0.5, 0.6) is 0 Å². The normalized spacial score (nSPS) is 10.6. The number of benzene rings is 1. The molecule has 2 N–H and O–H groups in total. The van der Waals surface area contributed by atoms with Crippen molar-refractivity contribution in [2.24, 2.45) is 0 Å². The van der Waals surface area contributed by atoms with E-state index in [-0.39, 0.29) is 5.91 Å². The Morgan fingerprint density at radius 1 is 1.21 bits per heavy atom. The lowest BCUT2D eigenvalue weighted by Gasteiger charge is -2.07. The van der Waals surface area contributed by atoms with Crippen molar-refractivity contribution in [3.63, 3.8) is 0 Å². The zero-order valence-electron chi connectivity index (χ0n) is 11.1. The summed E-state index contributed by atoms with van der Waals surface area (Å²) < 4.78 is 0. The number of rotatable bonds is 6. The molecule has 0 saturated carbocycles. The fraction of sp³-hybridized carbons (Fsp3) is 0.333. The van der Waals surface area contributed by atoms with Crippen molar-refractivity contribution in [3.8, 4) is 0 Å². The van der Waals surface area contributed by atoms with Crippen molar-refractivity contribution >= 4 is 16.8 Å². The van der Waals surface area contributed by atoms with Gasteiger partial charge in [0, 0.05) is 31.6 Å². The van der Waals surface area contributed by atoms with Crippen LogP contribution in [-0.2, 0) is 11.2 Å². The van der Waals surface area contributed by atoms with E-state index in [4.69, 9.17) is 0 Å². The van der Waals surface area contributed by atoms with Crippen LogP contribution in [0.3, 0.4) is 0 Å². The first-order valence-corrected chi connectivity index (χ1v) is 6.55. The molecule has 0 aliphatic rings. The average molecular weight is 257 g/mol. The van der Waals surface area contributed by atoms with Crippen LogP contribution >= 0.6 is 0 Å². The Morgan fingerprint density at radius 2 is 2.05 bits per heavy atom. The van der Waals surface area contributed by atoms with Gasteiger partial charge in [0.1, 0.15) is 0 Å². The first-order valence-electron chi connectivity index (χ1n) is 6.55. The van der Waals surface area contributed by atoms with E-state index >= 15 is 0 Å². The molecule has 1 heterocycles. The summed E-state index contributed by atoms with van der Waals surface area (Å²) in [7, 11) is 1.66. The van der Waals surface area contributed by atoms with Crippen LogP contribution in [0, 0.1) is 0 Å². The van der Waals surface area contributed by atoms with Gasteiger partial charge in [-0.25, -0.2) is 0 Å². The zero-order valence-corrected chi connectivity index (χ0v) is 11.1. The second-order valence-corrected chi connectivity index (χ2v) is 4.42. The summed E-state index contributed by atoms with van der Waals surface area (Å²) in [4.78, 5) is 15.5. The number of aromatic nitrogens is 1. The summed E-state index contributed by atoms with van der Waals surface area (Å²) in [5.41, 5.74) is 2.31. The number of amides is 1. The first kappa shape index (κ1) is 13.5. The monoisotopic (exact) mass is 257 g/mol. The van der Waals surface area contributed by atoms with E-state index in [2.05, 4.69) is 39.9 Å². The molecule has 0 atom stereocenters. The van der Waals surface area contributed by atoms with E-state index in [9.17, 15) is 4.79 Å². The predicted octanol–water partition coefficient (Wildman–Crippen LogP) is 1.50. The lowest BCUT2D eigenvalue weighted by molar-refractivity contribution is -0.120. The highest BCUT2D eigenvalue weighted by Crippen LogP contribution is 2.15. The second kappa shape index (κ2) is 6.85. The van der Waals surface area contributed by atoms with Gasteiger partial charge in [0.25, 0.3) is 0 Å². The molecule has 100 valence electrons. The van der Waals surface area contributed by atoms with Gasteiger partial charge in [-0.05, 0) is 24.6 Å². The van der Waals surface area contributed by atoms with Crippen LogP contribution < -0.4 is 10.6 Å². The van der Waals surface area contributed by atoms with Gasteiger partial charge >= 0.3 is 0 Å². The Bertz CT molecular complexity index is 549. The molecular formula is C15H19N3O. The highest BCUT2D eigenvalue weighted by molar-refractivity contribution is 5.81. The molecule has 1 aromatic heterocycles. The molecule has 1 aromatic carbocycles. The van der Waals surface area contributed by atoms with Crippen LogP contribution in [0.15, 0.2) is 36.5 Å². The number of carbonyl (C=O) groups excluding carboxylic acids is 1. The summed E-state index contributed by atoms with van der Waals surface area (Å²) in [5, 5.41) is 7.06. The number of fused-ring (bicyclic) bond motifs is 1. The number of para-hydroxylation sites is 1. The van der Waals surface area contributed by atoms with Gasteiger partial charge in [-0.15, -0.1) is 0 Å². The number of nitrogens with one attached hydrogen (secondary N) is 2. The molecule has 0 radical (unpaired) electrons. The van der Waals surface area contributed by atoms with E-state index in [1.807, 2.05) is 12.3 Å². The Kier molecular flexibility index (Phi) is 4.86. The maximum atomic E-state index is 11.1. The fourth-order valence-corrected chi connectivity index (χ4v) is 2.04. The summed E-state index contributed by atoms with van der Waals surface area (Å²) in [6.07, 6.45) is 3.26. The average Bonchev–Trinajstić information content (AvgIpc) is 2.46. The van der Waals surface area contributed by atoms with Crippen molar-refractivity contribution in [3.05, 3.63) is 42.1 Å². The molecule has 0 saturated heterocycles. The Hall–Kier alpha value is -1.94. The minimum atomic E-state index is 0.0688. The van der Waals surface area contributed by atoms with Crippen molar-refractivity contribution in [2.45, 2.75) is 12.8 Å². The lowest BCUT2D eigenvalue weighted by Crippen LogP contribution is -2.26. The van der Waals surface area contributed by atoms with Crippen LogP contribution in [-0.4, -0.2) is 31.0 Å². The molecule has 0 spiro atoms. The van der Waals surface area contributed by atoms with Crippen molar-refractivity contribution < 1.29 is 4.79 Å². The minimum absolute atomic E-state index is 0.0688. The predicted molar refractivity (Wildman–Crippen MR) is 77.0 cm³/mol. The number of pyridine rings is 1. The van der Waals surface area contributed by atoms with E-state index < -0.39 is 0 Å². The van der Waals surface area contributed by atoms with Gasteiger partial charge < -0.3 is 10.6 Å². The summed E-state index contributed by atoms with van der Waals surface area (Å²) in [6.45, 7) is 1.56. The van der Waals surface area contributed by atoms with Gasteiger partial charge in [-0.3, -0.25) is 9.78 Å². The number of carbonyl (C=O) groups is 1. The van der Waals surface area contributed by atoms with Crippen LogP contribution in [0.1, 0.15) is 12.0 Å². The number of hydrogen-bond acceptors (Lipinski definition) is 3. The molecular weight excluding hydrogens is 238 g/mol. The van der Waals surface area contributed by atoms with Gasteiger partial charge in [0.15, 0.2) is 0 Å². The molecule has 4 heteroatoms. The van der Waals surface area contributed by atoms with Crippen molar-refractivity contribution in [2.75, 3.05) is 20.1 Å². The van der Waals surface area contributed by atoms with E-state index in [0.717, 1.165) is 18.5 Å². The largest absolute Gasteiger partial charge is 0.359 e. The van der Waals surface area contributed by atoms with E-state index in [0.29, 0.717) is 13.0 Å². The zero-order chi connectivity index (χ0) is 13.5. The Morgan fingerprint density at radius 3 is 2.89 bits per heavy atom. The smallest absolute Gasteiger partial charge is 0.221 e. The summed E-state index contributed by atoms with van der Waals surface area (Å²) in [5.74, 6) is 0.0688. The Balaban J connectivity index is 1.86. The van der Waals surface area contributed by atoms with E-state index in [1.54, 1.807) is 7.05 Å². The molecule has 1 amide bonds. The quantitative estimate of drug-likeness (QED) is 0.771. The Labute approximate surface area is 113 Å². The molecule has 0 aliphatic heterocycles. The lowest BCUT2D eigenvalue weighted by atomic mass is 10.1. The number of nitrogens with zero attached hydrogens (tertiary/aromatic N) is 1. The van der Waals surface area contributed by atoms with Crippen LogP contribution in [0.4, 0.5) is 0 Å². The molecule has 2 aromatic rings. The maximum Gasteiger partial charge on any atom is 0.221 e. The van der Waals surface area contributed by atoms with Crippen LogP contribution in [0.2, 0.25) is 0 Å². The van der Waals surface area contributed by atoms with Gasteiger partial charge in [0.05, 0.1) is 5.52 Å². The van der Waals surface area contributed by atoms with Gasteiger partial charge in [-0.1, -0.05) is 24.3 Å². The summed E-state index contributed by atoms with van der Waals surface area (Å²) >= 11 is 0. The maximum absolute atomic E-state index is 11.1. The van der Waals surface area contributed by atoms with Gasteiger partial charge in [0.2, 0.25) is 5.91 Å². The molecule has 0 unspecified atom stereocenters. The number of hydrogen-bond donors (Lipinski definition) is 2. The third-order valence-corrected chi connectivity index (χ3v) is 3.10. The minimum Gasteiger partial charge on any atom is -0.359 e. The second-order valence-electron chi connectivity index (χ2n) is 4.42. The van der Waals surface area contributed by atoms with E-state index in [1.165, 1.54) is 10.9 Å². The molecule has 0 aliphatic carbocycles.